The second-order valence-corrected chi connectivity index (χ2v) is 6.29. The Morgan fingerprint density at radius 1 is 1.15 bits per heavy atom. The molecule has 1 aromatic heterocycles. The lowest BCUT2D eigenvalue weighted by atomic mass is 9.71. The molecule has 20 heavy (non-hydrogen) atoms. The zero-order valence-electron chi connectivity index (χ0n) is 11.9. The van der Waals surface area contributed by atoms with Crippen molar-refractivity contribution in [2.75, 3.05) is 0 Å². The van der Waals surface area contributed by atoms with E-state index in [-0.39, 0.29) is 11.8 Å². The first-order valence-corrected chi connectivity index (χ1v) is 7.94. The Balaban J connectivity index is 1.92. The first kappa shape index (κ1) is 13.6. The van der Waals surface area contributed by atoms with Crippen molar-refractivity contribution in [3.63, 3.8) is 0 Å². The molecule has 0 amide bonds. The Hall–Kier alpha value is -1.38. The van der Waals surface area contributed by atoms with Crippen LogP contribution in [0.1, 0.15) is 62.1 Å². The topological polar surface area (TPSA) is 50.2 Å². The number of carboxylic acids is 1. The number of fused-ring (bicyclic) bond motifs is 1. The van der Waals surface area contributed by atoms with Gasteiger partial charge in [-0.1, -0.05) is 25.3 Å². The van der Waals surface area contributed by atoms with Crippen LogP contribution in [0.15, 0.2) is 18.3 Å². The van der Waals surface area contributed by atoms with Crippen LogP contribution in [-0.4, -0.2) is 16.1 Å². The van der Waals surface area contributed by atoms with Crippen molar-refractivity contribution in [1.29, 1.82) is 0 Å². The minimum Gasteiger partial charge on any atom is -0.481 e. The van der Waals surface area contributed by atoms with Crippen LogP contribution in [0.4, 0.5) is 0 Å². The summed E-state index contributed by atoms with van der Waals surface area (Å²) in [5.74, 6) is -0.126. The fourth-order valence-corrected chi connectivity index (χ4v) is 4.19. The van der Waals surface area contributed by atoms with Crippen LogP contribution in [-0.2, 0) is 11.2 Å². The zero-order valence-corrected chi connectivity index (χ0v) is 11.9. The summed E-state index contributed by atoms with van der Waals surface area (Å²) in [5.41, 5.74) is 2.54. The fourth-order valence-electron chi connectivity index (χ4n) is 4.19. The lowest BCUT2D eigenvalue weighted by Crippen LogP contribution is -2.30. The third-order valence-electron chi connectivity index (χ3n) is 5.14. The maximum absolute atomic E-state index is 11.7. The third kappa shape index (κ3) is 2.58. The summed E-state index contributed by atoms with van der Waals surface area (Å²) in [6, 6.07) is 4.17. The van der Waals surface area contributed by atoms with E-state index in [1.165, 1.54) is 30.5 Å². The number of nitrogens with zero attached hydrogens (tertiary/aromatic N) is 1. The molecular weight excluding hydrogens is 250 g/mol. The Kier molecular flexibility index (Phi) is 4.04. The molecule has 3 heteroatoms. The average Bonchev–Trinajstić information content (AvgIpc) is 2.72. The molecule has 1 fully saturated rings. The van der Waals surface area contributed by atoms with Gasteiger partial charge in [-0.15, -0.1) is 0 Å². The molecule has 0 aliphatic heterocycles. The minimum absolute atomic E-state index is 0.171. The van der Waals surface area contributed by atoms with Crippen molar-refractivity contribution in [1.82, 2.24) is 4.98 Å². The largest absolute Gasteiger partial charge is 0.481 e. The highest BCUT2D eigenvalue weighted by molar-refractivity contribution is 5.70. The molecule has 108 valence electrons. The van der Waals surface area contributed by atoms with Crippen molar-refractivity contribution in [2.45, 2.75) is 57.3 Å². The van der Waals surface area contributed by atoms with Gasteiger partial charge in [0.15, 0.2) is 0 Å². The lowest BCUT2D eigenvalue weighted by Gasteiger charge is -2.34. The van der Waals surface area contributed by atoms with E-state index in [9.17, 15) is 9.90 Å². The number of aromatic nitrogens is 1. The highest BCUT2D eigenvalue weighted by Gasteiger charge is 2.37. The number of aliphatic carboxylic acids is 1. The molecule has 3 nitrogen and oxygen atoms in total. The van der Waals surface area contributed by atoms with Gasteiger partial charge in [-0.25, -0.2) is 0 Å². The van der Waals surface area contributed by atoms with Crippen LogP contribution in [0.2, 0.25) is 0 Å². The monoisotopic (exact) mass is 273 g/mol. The average molecular weight is 273 g/mol. The highest BCUT2D eigenvalue weighted by Crippen LogP contribution is 2.44. The van der Waals surface area contributed by atoms with Gasteiger partial charge in [-0.05, 0) is 49.7 Å². The van der Waals surface area contributed by atoms with Gasteiger partial charge in [0, 0.05) is 17.8 Å². The van der Waals surface area contributed by atoms with Gasteiger partial charge < -0.3 is 5.11 Å². The summed E-state index contributed by atoms with van der Waals surface area (Å²) in [6.45, 7) is 0. The van der Waals surface area contributed by atoms with E-state index < -0.39 is 5.97 Å². The van der Waals surface area contributed by atoms with E-state index in [4.69, 9.17) is 0 Å². The van der Waals surface area contributed by atoms with Crippen molar-refractivity contribution in [3.05, 3.63) is 29.6 Å². The normalized spacial score (nSPS) is 30.3. The van der Waals surface area contributed by atoms with E-state index in [1.807, 2.05) is 12.3 Å². The van der Waals surface area contributed by atoms with Gasteiger partial charge in [0.05, 0.1) is 5.92 Å². The summed E-state index contributed by atoms with van der Waals surface area (Å²) >= 11 is 0. The predicted molar refractivity (Wildman–Crippen MR) is 77.6 cm³/mol. The molecule has 0 saturated heterocycles. The van der Waals surface area contributed by atoms with Crippen molar-refractivity contribution < 1.29 is 9.90 Å². The van der Waals surface area contributed by atoms with Crippen LogP contribution < -0.4 is 0 Å². The standard InChI is InChI=1S/C17H23NO2/c19-17(20)15-9-3-1-2-8-13(15)14-10-4-6-12-7-5-11-18-16(12)14/h5,7,11,13-15H,1-4,6,8-10H2,(H,19,20). The molecule has 3 atom stereocenters. The predicted octanol–water partition coefficient (Wildman–Crippen LogP) is 3.78. The molecule has 1 saturated carbocycles. The Morgan fingerprint density at radius 2 is 2.00 bits per heavy atom. The third-order valence-corrected chi connectivity index (χ3v) is 5.14. The number of carboxylic acid groups (broad SMARTS) is 1. The molecule has 0 bridgehead atoms. The fraction of sp³-hybridized carbons (Fsp3) is 0.647. The lowest BCUT2D eigenvalue weighted by molar-refractivity contribution is -0.144. The molecule has 2 aliphatic carbocycles. The summed E-state index contributed by atoms with van der Waals surface area (Å²) in [4.78, 5) is 16.3. The van der Waals surface area contributed by atoms with Crippen molar-refractivity contribution in [2.24, 2.45) is 11.8 Å². The molecule has 0 aromatic carbocycles. The van der Waals surface area contributed by atoms with Gasteiger partial charge in [-0.2, -0.15) is 0 Å². The second-order valence-electron chi connectivity index (χ2n) is 6.29. The Morgan fingerprint density at radius 3 is 2.85 bits per heavy atom. The molecule has 0 spiro atoms. The second kappa shape index (κ2) is 5.94. The SMILES string of the molecule is O=C(O)C1CCCCCC1C1CCCc2cccnc21. The molecule has 1 aromatic rings. The summed E-state index contributed by atoms with van der Waals surface area (Å²) < 4.78 is 0. The number of pyridine rings is 1. The van der Waals surface area contributed by atoms with Crippen LogP contribution >= 0.6 is 0 Å². The maximum atomic E-state index is 11.7. The first-order valence-electron chi connectivity index (χ1n) is 7.94. The summed E-state index contributed by atoms with van der Waals surface area (Å²) in [7, 11) is 0. The van der Waals surface area contributed by atoms with Crippen LogP contribution in [0, 0.1) is 11.8 Å². The molecule has 0 radical (unpaired) electrons. The van der Waals surface area contributed by atoms with Crippen LogP contribution in [0.5, 0.6) is 0 Å². The van der Waals surface area contributed by atoms with E-state index >= 15 is 0 Å². The van der Waals surface area contributed by atoms with E-state index in [2.05, 4.69) is 11.1 Å². The molecular formula is C17H23NO2. The number of carbonyl (C=O) groups is 1. The number of hydrogen-bond acceptors (Lipinski definition) is 2. The molecule has 3 rings (SSSR count). The first-order chi connectivity index (χ1) is 9.77. The van der Waals surface area contributed by atoms with E-state index in [0.717, 1.165) is 32.1 Å². The number of hydrogen-bond donors (Lipinski definition) is 1. The van der Waals surface area contributed by atoms with Crippen LogP contribution in [0.25, 0.3) is 0 Å². The maximum Gasteiger partial charge on any atom is 0.306 e. The van der Waals surface area contributed by atoms with Gasteiger partial charge in [0.2, 0.25) is 0 Å². The molecule has 1 N–H and O–H groups in total. The number of rotatable bonds is 2. The van der Waals surface area contributed by atoms with Gasteiger partial charge in [0.1, 0.15) is 0 Å². The Labute approximate surface area is 120 Å². The minimum atomic E-state index is -0.597. The summed E-state index contributed by atoms with van der Waals surface area (Å²) in [6.07, 6.45) is 10.6. The van der Waals surface area contributed by atoms with Gasteiger partial charge >= 0.3 is 5.97 Å². The van der Waals surface area contributed by atoms with Crippen molar-refractivity contribution in [3.8, 4) is 0 Å². The van der Waals surface area contributed by atoms with E-state index in [0.29, 0.717) is 5.92 Å². The quantitative estimate of drug-likeness (QED) is 0.834. The van der Waals surface area contributed by atoms with Gasteiger partial charge in [-0.3, -0.25) is 9.78 Å². The van der Waals surface area contributed by atoms with E-state index in [1.54, 1.807) is 0 Å². The zero-order chi connectivity index (χ0) is 13.9. The molecule has 3 unspecified atom stereocenters. The highest BCUT2D eigenvalue weighted by atomic mass is 16.4. The van der Waals surface area contributed by atoms with Gasteiger partial charge in [0.25, 0.3) is 0 Å². The molecule has 1 heterocycles. The molecule has 2 aliphatic rings. The smallest absolute Gasteiger partial charge is 0.306 e. The summed E-state index contributed by atoms with van der Waals surface area (Å²) in [5, 5.41) is 9.59. The Bertz CT molecular complexity index is 486. The van der Waals surface area contributed by atoms with Crippen molar-refractivity contribution >= 4 is 5.97 Å². The number of aryl methyl sites for hydroxylation is 1. The van der Waals surface area contributed by atoms with Crippen LogP contribution in [0.3, 0.4) is 0 Å².